The lowest BCUT2D eigenvalue weighted by molar-refractivity contribution is -0.144. The third-order valence-corrected chi connectivity index (χ3v) is 2.29. The summed E-state index contributed by atoms with van der Waals surface area (Å²) in [5, 5.41) is 11.3. The summed E-state index contributed by atoms with van der Waals surface area (Å²) < 4.78 is 4.91. The summed E-state index contributed by atoms with van der Waals surface area (Å²) in [6.45, 7) is 4.12. The van der Waals surface area contributed by atoms with E-state index in [9.17, 15) is 9.59 Å². The largest absolute Gasteiger partial charge is 0.480 e. The van der Waals surface area contributed by atoms with E-state index in [0.717, 1.165) is 0 Å². The molecule has 6 nitrogen and oxygen atoms in total. The lowest BCUT2D eigenvalue weighted by Gasteiger charge is -2.19. The van der Waals surface area contributed by atoms with E-state index in [4.69, 9.17) is 15.6 Å². The molecule has 0 saturated carbocycles. The quantitative estimate of drug-likeness (QED) is 0.493. The fraction of sp³-hybridized carbons (Fsp3) is 0.800. The van der Waals surface area contributed by atoms with Crippen LogP contribution in [0.15, 0.2) is 0 Å². The van der Waals surface area contributed by atoms with E-state index in [0.29, 0.717) is 13.0 Å². The number of nitrogens with two attached hydrogens (primary N) is 1. The molecule has 0 aromatic rings. The van der Waals surface area contributed by atoms with Crippen LogP contribution in [0, 0.1) is 5.92 Å². The van der Waals surface area contributed by atoms with Gasteiger partial charge in [0.05, 0.1) is 6.61 Å². The average molecular weight is 232 g/mol. The second-order valence-corrected chi connectivity index (χ2v) is 3.61. The number of carboxylic acids is 1. The van der Waals surface area contributed by atoms with Gasteiger partial charge in [0, 0.05) is 6.54 Å². The molecule has 4 N–H and O–H groups in total. The monoisotopic (exact) mass is 232 g/mol. The van der Waals surface area contributed by atoms with Crippen LogP contribution in [0.5, 0.6) is 0 Å². The molecule has 2 atom stereocenters. The minimum Gasteiger partial charge on any atom is -0.480 e. The van der Waals surface area contributed by atoms with Crippen LogP contribution < -0.4 is 11.1 Å². The predicted molar refractivity (Wildman–Crippen MR) is 58.9 cm³/mol. The number of ether oxygens (including phenoxy) is 1. The number of aliphatic carboxylic acids is 1. The fourth-order valence-electron chi connectivity index (χ4n) is 1.15. The van der Waals surface area contributed by atoms with Gasteiger partial charge >= 0.3 is 5.97 Å². The van der Waals surface area contributed by atoms with Crippen LogP contribution in [0.3, 0.4) is 0 Å². The molecule has 0 saturated heterocycles. The van der Waals surface area contributed by atoms with E-state index in [1.165, 1.54) is 0 Å². The number of nitrogens with one attached hydrogen (secondary N) is 1. The Hall–Kier alpha value is -1.14. The number of hydrogen-bond donors (Lipinski definition) is 3. The van der Waals surface area contributed by atoms with Crippen LogP contribution in [-0.4, -0.2) is 42.8 Å². The maximum atomic E-state index is 11.3. The predicted octanol–water partition coefficient (Wildman–Crippen LogP) is -0.423. The topological polar surface area (TPSA) is 102 Å². The second-order valence-electron chi connectivity index (χ2n) is 3.61. The van der Waals surface area contributed by atoms with Gasteiger partial charge in [0.25, 0.3) is 0 Å². The van der Waals surface area contributed by atoms with Crippen molar-refractivity contribution in [1.29, 1.82) is 0 Å². The first-order valence-electron chi connectivity index (χ1n) is 5.32. The van der Waals surface area contributed by atoms with Gasteiger partial charge < -0.3 is 20.9 Å². The maximum Gasteiger partial charge on any atom is 0.326 e. The summed E-state index contributed by atoms with van der Waals surface area (Å²) in [4.78, 5) is 22.2. The maximum absolute atomic E-state index is 11.3. The molecule has 0 aliphatic carbocycles. The minimum absolute atomic E-state index is 0.115. The van der Waals surface area contributed by atoms with Gasteiger partial charge in [-0.15, -0.1) is 0 Å². The molecule has 16 heavy (non-hydrogen) atoms. The van der Waals surface area contributed by atoms with Crippen molar-refractivity contribution in [3.63, 3.8) is 0 Å². The van der Waals surface area contributed by atoms with Crippen LogP contribution >= 0.6 is 0 Å². The third-order valence-electron chi connectivity index (χ3n) is 2.29. The van der Waals surface area contributed by atoms with Crippen molar-refractivity contribution in [3.8, 4) is 0 Å². The lowest BCUT2D eigenvalue weighted by Crippen LogP contribution is -2.46. The molecule has 0 aliphatic heterocycles. The van der Waals surface area contributed by atoms with Gasteiger partial charge in [0.1, 0.15) is 12.6 Å². The van der Waals surface area contributed by atoms with Crippen LogP contribution in [-0.2, 0) is 14.3 Å². The average Bonchev–Trinajstić information content (AvgIpc) is 2.25. The van der Waals surface area contributed by atoms with E-state index in [2.05, 4.69) is 5.32 Å². The Morgan fingerprint density at radius 3 is 2.56 bits per heavy atom. The van der Waals surface area contributed by atoms with Crippen LogP contribution in [0.1, 0.15) is 20.3 Å². The highest BCUT2D eigenvalue weighted by Gasteiger charge is 2.24. The van der Waals surface area contributed by atoms with Gasteiger partial charge in [-0.05, 0) is 5.92 Å². The first-order chi connectivity index (χ1) is 7.52. The Bertz CT molecular complexity index is 233. The molecule has 6 heteroatoms. The van der Waals surface area contributed by atoms with E-state index in [1.807, 2.05) is 6.92 Å². The Balaban J connectivity index is 4.09. The fourth-order valence-corrected chi connectivity index (χ4v) is 1.15. The van der Waals surface area contributed by atoms with Crippen molar-refractivity contribution in [2.75, 3.05) is 19.8 Å². The molecule has 0 bridgehead atoms. The Morgan fingerprint density at radius 2 is 2.12 bits per heavy atom. The normalized spacial score (nSPS) is 14.2. The van der Waals surface area contributed by atoms with Crippen LogP contribution in [0.4, 0.5) is 0 Å². The second kappa shape index (κ2) is 8.06. The highest BCUT2D eigenvalue weighted by Crippen LogP contribution is 2.07. The molecular formula is C10H20N2O4. The number of carbonyl (C=O) groups is 2. The van der Waals surface area contributed by atoms with E-state index < -0.39 is 17.9 Å². The summed E-state index contributed by atoms with van der Waals surface area (Å²) in [6, 6.07) is -0.862. The van der Waals surface area contributed by atoms with Crippen molar-refractivity contribution < 1.29 is 19.4 Å². The van der Waals surface area contributed by atoms with E-state index in [1.54, 1.807) is 6.92 Å². The molecule has 0 heterocycles. The van der Waals surface area contributed by atoms with E-state index >= 15 is 0 Å². The first-order valence-corrected chi connectivity index (χ1v) is 5.32. The SMILES string of the molecule is CC[C@H](C)[C@H](NC(=O)COCCN)C(=O)O. The lowest BCUT2D eigenvalue weighted by atomic mass is 9.99. The summed E-state index contributed by atoms with van der Waals surface area (Å²) in [5.41, 5.74) is 5.18. The van der Waals surface area contributed by atoms with Gasteiger partial charge in [0.15, 0.2) is 0 Å². The Morgan fingerprint density at radius 1 is 1.50 bits per heavy atom. The highest BCUT2D eigenvalue weighted by molar-refractivity contribution is 5.84. The Labute approximate surface area is 95.1 Å². The molecule has 1 amide bonds. The zero-order valence-electron chi connectivity index (χ0n) is 9.73. The minimum atomic E-state index is -1.03. The van der Waals surface area contributed by atoms with Gasteiger partial charge in [-0.2, -0.15) is 0 Å². The molecular weight excluding hydrogens is 212 g/mol. The zero-order chi connectivity index (χ0) is 12.6. The highest BCUT2D eigenvalue weighted by atomic mass is 16.5. The number of carbonyl (C=O) groups excluding carboxylic acids is 1. The first kappa shape index (κ1) is 14.9. The summed E-state index contributed by atoms with van der Waals surface area (Å²) in [7, 11) is 0. The molecule has 0 fully saturated rings. The standard InChI is InChI=1S/C10H20N2O4/c1-3-7(2)9(10(14)15)12-8(13)6-16-5-4-11/h7,9H,3-6,11H2,1-2H3,(H,12,13)(H,14,15)/t7-,9-/m0/s1. The number of amides is 1. The van der Waals surface area contributed by atoms with Crippen LogP contribution in [0.25, 0.3) is 0 Å². The van der Waals surface area contributed by atoms with Crippen LogP contribution in [0.2, 0.25) is 0 Å². The third kappa shape index (κ3) is 5.67. The summed E-state index contributed by atoms with van der Waals surface area (Å²) in [5.74, 6) is -1.57. The van der Waals surface area contributed by atoms with Gasteiger partial charge in [-0.3, -0.25) is 4.79 Å². The molecule has 94 valence electrons. The van der Waals surface area contributed by atoms with Crippen molar-refractivity contribution in [2.24, 2.45) is 11.7 Å². The van der Waals surface area contributed by atoms with Crippen molar-refractivity contribution >= 4 is 11.9 Å². The van der Waals surface area contributed by atoms with E-state index in [-0.39, 0.29) is 19.1 Å². The number of rotatable bonds is 8. The molecule has 0 unspecified atom stereocenters. The van der Waals surface area contributed by atoms with Crippen molar-refractivity contribution in [2.45, 2.75) is 26.3 Å². The van der Waals surface area contributed by atoms with Gasteiger partial charge in [-0.1, -0.05) is 20.3 Å². The zero-order valence-corrected chi connectivity index (χ0v) is 9.73. The number of hydrogen-bond acceptors (Lipinski definition) is 4. The van der Waals surface area contributed by atoms with Crippen molar-refractivity contribution in [1.82, 2.24) is 5.32 Å². The molecule has 0 spiro atoms. The molecule has 0 aromatic heterocycles. The Kier molecular flexibility index (Phi) is 7.49. The van der Waals surface area contributed by atoms with Gasteiger partial charge in [-0.25, -0.2) is 4.79 Å². The van der Waals surface area contributed by atoms with Gasteiger partial charge in [0.2, 0.25) is 5.91 Å². The van der Waals surface area contributed by atoms with Crippen molar-refractivity contribution in [3.05, 3.63) is 0 Å². The molecule has 0 aliphatic rings. The smallest absolute Gasteiger partial charge is 0.326 e. The molecule has 0 rings (SSSR count). The molecule has 0 radical (unpaired) electrons. The summed E-state index contributed by atoms with van der Waals surface area (Å²) in [6.07, 6.45) is 0.681. The summed E-state index contributed by atoms with van der Waals surface area (Å²) >= 11 is 0. The number of carboxylic acid groups (broad SMARTS) is 1. The molecule has 0 aromatic carbocycles.